The van der Waals surface area contributed by atoms with Gasteiger partial charge >= 0.3 is 0 Å². The first kappa shape index (κ1) is 20.6. The molecule has 164 valence electrons. The zero-order valence-corrected chi connectivity index (χ0v) is 18.8. The van der Waals surface area contributed by atoms with Gasteiger partial charge in [-0.25, -0.2) is 0 Å². The van der Waals surface area contributed by atoms with Crippen LogP contribution in [-0.2, 0) is 0 Å². The maximum Gasteiger partial charge on any atom is 0.216 e. The minimum atomic E-state index is -0.254. The van der Waals surface area contributed by atoms with Gasteiger partial charge in [0, 0.05) is 28.2 Å². The van der Waals surface area contributed by atoms with Crippen LogP contribution in [0.4, 0.5) is 0 Å². The number of aromatic nitrogens is 3. The highest BCUT2D eigenvalue weighted by Crippen LogP contribution is 2.32. The molecule has 0 spiro atoms. The first-order valence-electron chi connectivity index (χ1n) is 10.9. The molecule has 0 saturated carbocycles. The second-order valence-corrected chi connectivity index (χ2v) is 10.0. The van der Waals surface area contributed by atoms with Crippen LogP contribution < -0.4 is 10.6 Å². The number of fused-ring (bicyclic) bond motifs is 2. The van der Waals surface area contributed by atoms with E-state index < -0.39 is 0 Å². The Morgan fingerprint density at radius 1 is 0.844 bits per heavy atom. The van der Waals surface area contributed by atoms with E-state index in [0.29, 0.717) is 22.2 Å². The topological polar surface area (TPSA) is 88.9 Å². The first-order valence-corrected chi connectivity index (χ1v) is 10.9. The van der Waals surface area contributed by atoms with Crippen LogP contribution in [0.25, 0.3) is 16.7 Å². The lowest BCUT2D eigenvalue weighted by Gasteiger charge is -2.47. The van der Waals surface area contributed by atoms with Gasteiger partial charge in [-0.3, -0.25) is 9.59 Å². The van der Waals surface area contributed by atoms with Crippen molar-refractivity contribution in [3.05, 3.63) is 65.4 Å². The van der Waals surface area contributed by atoms with Gasteiger partial charge in [-0.2, -0.15) is 0 Å². The lowest BCUT2D eigenvalue weighted by Crippen LogP contribution is -2.61. The largest absolute Gasteiger partial charge is 0.377 e. The van der Waals surface area contributed by atoms with Gasteiger partial charge < -0.3 is 10.6 Å². The third-order valence-corrected chi connectivity index (χ3v) is 6.12. The number of benzene rings is 2. The molecule has 1 saturated heterocycles. The van der Waals surface area contributed by atoms with Crippen LogP contribution in [0.1, 0.15) is 61.3 Å². The fourth-order valence-electron chi connectivity index (χ4n) is 5.28. The number of piperidine rings is 1. The fraction of sp³-hybridized carbons (Fsp3) is 0.360. The number of Topliss-reactive ketones (excluding diaryl/α,β-unsaturated/α-hetero) is 2. The van der Waals surface area contributed by atoms with E-state index in [1.807, 2.05) is 24.3 Å². The fourth-order valence-corrected chi connectivity index (χ4v) is 5.28. The van der Waals surface area contributed by atoms with E-state index in [1.165, 1.54) is 4.80 Å². The van der Waals surface area contributed by atoms with Gasteiger partial charge in [0.05, 0.1) is 0 Å². The number of nitrogens with one attached hydrogen (secondary N) is 2. The number of nitrogens with zero attached hydrogens (tertiary/aromatic N) is 3. The summed E-state index contributed by atoms with van der Waals surface area (Å²) in [6.45, 7) is 8.62. The molecule has 7 heteroatoms. The number of carbonyl (C=O) groups excluding carboxylic acids is 2. The van der Waals surface area contributed by atoms with Crippen molar-refractivity contribution in [2.75, 3.05) is 0 Å². The Labute approximate surface area is 186 Å². The highest BCUT2D eigenvalue weighted by molar-refractivity contribution is 6.37. The molecule has 1 fully saturated rings. The molecule has 7 nitrogen and oxygen atoms in total. The van der Waals surface area contributed by atoms with E-state index in [0.717, 1.165) is 12.8 Å². The van der Waals surface area contributed by atoms with Crippen molar-refractivity contribution in [2.45, 2.75) is 57.7 Å². The summed E-state index contributed by atoms with van der Waals surface area (Å²) < 4.78 is 0. The summed E-state index contributed by atoms with van der Waals surface area (Å²) in [5.74, 6) is -0.457. The maximum atomic E-state index is 13.6. The smallest absolute Gasteiger partial charge is 0.216 e. The predicted octanol–water partition coefficient (Wildman–Crippen LogP) is 3.58. The van der Waals surface area contributed by atoms with Gasteiger partial charge in [0.1, 0.15) is 16.7 Å². The van der Waals surface area contributed by atoms with Gasteiger partial charge in [-0.15, -0.1) is 15.0 Å². The van der Waals surface area contributed by atoms with Crippen molar-refractivity contribution in [1.82, 2.24) is 25.6 Å². The number of rotatable bonds is 3. The van der Waals surface area contributed by atoms with E-state index in [-0.39, 0.29) is 40.1 Å². The average molecular weight is 430 g/mol. The average Bonchev–Trinajstić information content (AvgIpc) is 3.13. The third kappa shape index (κ3) is 3.52. The van der Waals surface area contributed by atoms with Crippen LogP contribution in [0.5, 0.6) is 0 Å². The van der Waals surface area contributed by atoms with Crippen LogP contribution in [0.3, 0.4) is 0 Å². The van der Waals surface area contributed by atoms with Crippen molar-refractivity contribution >= 4 is 28.3 Å². The summed E-state index contributed by atoms with van der Waals surface area (Å²) in [5.41, 5.74) is 2.35. The summed E-state index contributed by atoms with van der Waals surface area (Å²) in [4.78, 5) is 28.5. The Morgan fingerprint density at radius 3 is 1.91 bits per heavy atom. The molecule has 1 aliphatic carbocycles. The Hall–Kier alpha value is -3.32. The molecule has 0 bridgehead atoms. The first-order chi connectivity index (χ1) is 15.1. The molecule has 2 N–H and O–H groups in total. The molecule has 32 heavy (non-hydrogen) atoms. The predicted molar refractivity (Wildman–Crippen MR) is 123 cm³/mol. The molecule has 0 amide bonds. The Kier molecular flexibility index (Phi) is 4.57. The Bertz CT molecular complexity index is 1240. The van der Waals surface area contributed by atoms with Crippen LogP contribution in [0.2, 0.25) is 0 Å². The minimum Gasteiger partial charge on any atom is -0.377 e. The van der Waals surface area contributed by atoms with E-state index in [4.69, 9.17) is 0 Å². The van der Waals surface area contributed by atoms with Crippen LogP contribution in [-0.4, -0.2) is 43.7 Å². The Balaban J connectivity index is 1.65. The summed E-state index contributed by atoms with van der Waals surface area (Å²) in [5, 5.41) is 16.1. The highest BCUT2D eigenvalue weighted by atomic mass is 16.1. The molecule has 0 unspecified atom stereocenters. The molecule has 1 aromatic heterocycles. The van der Waals surface area contributed by atoms with Gasteiger partial charge in [-0.1, -0.05) is 36.4 Å². The quantitative estimate of drug-likeness (QED) is 0.662. The number of hydrogen-bond donors (Lipinski definition) is 2. The molecular weight excluding hydrogens is 402 g/mol. The number of allylic oxidation sites excluding steroid dienone is 2. The minimum absolute atomic E-state index is 0.0123. The Morgan fingerprint density at radius 2 is 1.34 bits per heavy atom. The van der Waals surface area contributed by atoms with Crippen molar-refractivity contribution in [3.8, 4) is 0 Å². The zero-order chi connectivity index (χ0) is 22.7. The van der Waals surface area contributed by atoms with Crippen LogP contribution >= 0.6 is 0 Å². The second kappa shape index (κ2) is 7.10. The summed E-state index contributed by atoms with van der Waals surface area (Å²) >= 11 is 0. The molecule has 2 aliphatic rings. The van der Waals surface area contributed by atoms with Gasteiger partial charge in [-0.05, 0) is 52.7 Å². The summed E-state index contributed by atoms with van der Waals surface area (Å²) in [7, 11) is 0. The lowest BCUT2D eigenvalue weighted by molar-refractivity contribution is 0.0967. The standard InChI is InChI=1S/C25H27N5O2/c1-24(2)13-15(14-25(3,4)29-24)26-20-21(30-27-18-11-7-8-12-19(18)28-30)23(32)17-10-6-5-9-16(17)22(20)31/h5-12,15,26,29H,13-14H2,1-4H3. The highest BCUT2D eigenvalue weighted by Gasteiger charge is 2.41. The monoisotopic (exact) mass is 429 g/mol. The van der Waals surface area contributed by atoms with E-state index in [2.05, 4.69) is 48.5 Å². The van der Waals surface area contributed by atoms with Gasteiger partial charge in [0.2, 0.25) is 11.6 Å². The lowest BCUT2D eigenvalue weighted by atomic mass is 9.79. The molecule has 0 atom stereocenters. The number of ketones is 2. The van der Waals surface area contributed by atoms with E-state index >= 15 is 0 Å². The molecule has 5 rings (SSSR count). The molecular formula is C25H27N5O2. The normalized spacial score (nSPS) is 20.5. The van der Waals surface area contributed by atoms with Crippen LogP contribution in [0.15, 0.2) is 54.2 Å². The molecule has 1 aliphatic heterocycles. The van der Waals surface area contributed by atoms with Crippen molar-refractivity contribution in [2.24, 2.45) is 0 Å². The van der Waals surface area contributed by atoms with Crippen molar-refractivity contribution in [3.63, 3.8) is 0 Å². The van der Waals surface area contributed by atoms with Crippen molar-refractivity contribution in [1.29, 1.82) is 0 Å². The third-order valence-electron chi connectivity index (χ3n) is 6.12. The van der Waals surface area contributed by atoms with Crippen molar-refractivity contribution < 1.29 is 9.59 Å². The molecule has 3 aromatic rings. The van der Waals surface area contributed by atoms with Gasteiger partial charge in [0.15, 0.2) is 5.70 Å². The van der Waals surface area contributed by atoms with E-state index in [1.54, 1.807) is 24.3 Å². The molecule has 2 heterocycles. The number of hydrogen-bond acceptors (Lipinski definition) is 6. The summed E-state index contributed by atoms with van der Waals surface area (Å²) in [6, 6.07) is 14.4. The molecule has 2 aromatic carbocycles. The maximum absolute atomic E-state index is 13.6. The van der Waals surface area contributed by atoms with E-state index in [9.17, 15) is 9.59 Å². The zero-order valence-electron chi connectivity index (χ0n) is 18.8. The number of carbonyl (C=O) groups is 2. The summed E-state index contributed by atoms with van der Waals surface area (Å²) in [6.07, 6.45) is 1.62. The second-order valence-electron chi connectivity index (χ2n) is 10.0. The SMILES string of the molecule is CC1(C)CC(NC2=C(n3nc4ccccc4n3)C(=O)c3ccccc3C2=O)CC(C)(C)N1. The van der Waals surface area contributed by atoms with Crippen LogP contribution in [0, 0.1) is 0 Å². The molecule has 0 radical (unpaired) electrons. The van der Waals surface area contributed by atoms with Gasteiger partial charge in [0.25, 0.3) is 0 Å².